The van der Waals surface area contributed by atoms with E-state index in [1.54, 1.807) is 142 Å². The number of benzene rings is 2. The van der Waals surface area contributed by atoms with Crippen LogP contribution in [-0.4, -0.2) is 300 Å². The molecule has 8 heterocycles. The molecule has 0 aliphatic carbocycles. The van der Waals surface area contributed by atoms with Gasteiger partial charge in [0, 0.05) is 125 Å². The van der Waals surface area contributed by atoms with E-state index in [4.69, 9.17) is 47.4 Å². The molecular weight excluding hydrogens is 1830 g/mol. The van der Waals surface area contributed by atoms with E-state index >= 15 is 0 Å². The van der Waals surface area contributed by atoms with Crippen LogP contribution < -0.4 is 43.3 Å². The zero-order chi connectivity index (χ0) is 97.4. The molecule has 0 radical (unpaired) electrons. The van der Waals surface area contributed by atoms with E-state index in [0.717, 1.165) is 8.61 Å². The highest BCUT2D eigenvalue weighted by Crippen LogP contribution is 2.44. The van der Waals surface area contributed by atoms with Gasteiger partial charge in [-0.15, -0.1) is 23.5 Å². The summed E-state index contributed by atoms with van der Waals surface area (Å²) in [4.78, 5) is 152. The van der Waals surface area contributed by atoms with Gasteiger partial charge in [0.1, 0.15) is 58.2 Å². The van der Waals surface area contributed by atoms with Crippen LogP contribution in [0.4, 0.5) is 0 Å². The number of rotatable bonds is 56. The van der Waals surface area contributed by atoms with Gasteiger partial charge in [0.2, 0.25) is 55.5 Å². The number of fused-ring (bicyclic) bond motifs is 2. The predicted octanol–water partition coefficient (Wildman–Crippen LogP) is 4.55. The Bertz CT molecular complexity index is 5280. The lowest BCUT2D eigenvalue weighted by Gasteiger charge is -2.32. The molecule has 4 atom stereocenters. The molecule has 8 aromatic rings. The largest absolute Gasteiger partial charge is 0.458 e. The van der Waals surface area contributed by atoms with Crippen molar-refractivity contribution in [2.24, 2.45) is 0 Å². The van der Waals surface area contributed by atoms with Gasteiger partial charge in [-0.2, -0.15) is 8.61 Å². The third-order valence-corrected chi connectivity index (χ3v) is 27.7. The van der Waals surface area contributed by atoms with Gasteiger partial charge in [-0.25, -0.2) is 55.1 Å². The lowest BCUT2D eigenvalue weighted by molar-refractivity contribution is -0.159. The number of nitrogens with one attached hydrogen (secondary N) is 6. The summed E-state index contributed by atoms with van der Waals surface area (Å²) in [6.45, 7) is 22.9. The molecule has 40 nitrogen and oxygen atoms in total. The molecule has 0 saturated carbocycles. The monoisotopic (exact) mass is 1950 g/mol. The molecule has 2 aliphatic heterocycles. The highest BCUT2D eigenvalue weighted by molar-refractivity contribution is 8.02. The van der Waals surface area contributed by atoms with E-state index in [1.165, 1.54) is 103 Å². The van der Waals surface area contributed by atoms with Crippen LogP contribution in [-0.2, 0) is 132 Å². The fourth-order valence-corrected chi connectivity index (χ4v) is 20.7. The number of amides is 6. The average molecular weight is 1950 g/mol. The van der Waals surface area contributed by atoms with E-state index in [1.807, 2.05) is 0 Å². The van der Waals surface area contributed by atoms with Crippen LogP contribution in [0.15, 0.2) is 154 Å². The third kappa shape index (κ3) is 31.8. The SMILES string of the molecule is CC(C)(C)OC(=O)[C@H](Cc1ccc(-n2c(=O)n(CC(=O)NCCOCCOCCC(=O)NCCCOCCOCCCOCCOCCCNC(=O)CCOCCOCCNC(=O)Cn3c(=O)n(-c4ccc(C[C@H](NC(=O)[C@H]5N(S(=O)(=O)c6cccnc6)CSC5(C)C)C(=O)OC(C)(C)C)cc4)c4ncccc43)c3cccnc32)cc1)NC(=O)[C@H]1N(S(=O)(=O)c2cccnc2)CSC1(C)C. The molecule has 736 valence electrons. The molecule has 0 unspecified atom stereocenters. The Morgan fingerprint density at radius 3 is 1.10 bits per heavy atom. The van der Waals surface area contributed by atoms with Crippen molar-refractivity contribution in [3.8, 4) is 11.4 Å². The second kappa shape index (κ2) is 51.1. The number of nitrogens with zero attached hydrogens (tertiary/aromatic N) is 10. The molecule has 44 heteroatoms. The third-order valence-electron chi connectivity index (χ3n) is 21.0. The van der Waals surface area contributed by atoms with Gasteiger partial charge in [0.25, 0.3) is 0 Å². The number of ether oxygens (including phenoxy) is 10. The summed E-state index contributed by atoms with van der Waals surface area (Å²) in [5, 5.41) is 16.8. The summed E-state index contributed by atoms with van der Waals surface area (Å²) < 4.78 is 117. The normalized spacial score (nSPS) is 15.7. The van der Waals surface area contributed by atoms with Crippen molar-refractivity contribution < 1.29 is 103 Å². The molecule has 2 fully saturated rings. The molecule has 2 saturated heterocycles. The van der Waals surface area contributed by atoms with Gasteiger partial charge in [-0.05, 0) is 172 Å². The number of thioether (sulfide) groups is 2. The summed E-state index contributed by atoms with van der Waals surface area (Å²) in [6.07, 6.45) is 10.6. The van der Waals surface area contributed by atoms with Crippen LogP contribution >= 0.6 is 23.5 Å². The number of carbonyl (C=O) groups is 8. The van der Waals surface area contributed by atoms with Crippen molar-refractivity contribution in [3.05, 3.63) is 166 Å². The molecule has 2 aliphatic rings. The van der Waals surface area contributed by atoms with Crippen LogP contribution in [0.2, 0.25) is 0 Å². The van der Waals surface area contributed by atoms with E-state index in [9.17, 15) is 64.8 Å². The fourth-order valence-electron chi connectivity index (χ4n) is 14.4. The van der Waals surface area contributed by atoms with Gasteiger partial charge in [-0.1, -0.05) is 24.3 Å². The number of aromatic nitrogens is 8. The van der Waals surface area contributed by atoms with Crippen molar-refractivity contribution in [1.82, 2.24) is 78.7 Å². The second-order valence-electron chi connectivity index (χ2n) is 34.6. The Balaban J connectivity index is 0.492. The number of hydrogen-bond donors (Lipinski definition) is 6. The topological polar surface area (TPSA) is 481 Å². The minimum absolute atomic E-state index is 0.00277. The Kier molecular flexibility index (Phi) is 40.3. The number of sulfonamides is 2. The summed E-state index contributed by atoms with van der Waals surface area (Å²) in [5.41, 5.74) is 0.501. The van der Waals surface area contributed by atoms with Gasteiger partial charge >= 0.3 is 23.3 Å². The molecule has 2 aromatic carbocycles. The molecule has 6 aromatic heterocycles. The maximum absolute atomic E-state index is 14.3. The van der Waals surface area contributed by atoms with Gasteiger partial charge < -0.3 is 79.3 Å². The Morgan fingerprint density at radius 1 is 0.422 bits per heavy atom. The number of hydrogen-bond acceptors (Lipinski definition) is 30. The van der Waals surface area contributed by atoms with E-state index in [-0.39, 0.29) is 138 Å². The molecule has 135 heavy (non-hydrogen) atoms. The van der Waals surface area contributed by atoms with Gasteiger partial charge in [0.05, 0.1) is 113 Å². The highest BCUT2D eigenvalue weighted by atomic mass is 32.2. The summed E-state index contributed by atoms with van der Waals surface area (Å²) in [7, 11) is -8.31. The lowest BCUT2D eigenvalue weighted by atomic mass is 10.0. The minimum Gasteiger partial charge on any atom is -0.458 e. The molecule has 0 spiro atoms. The summed E-state index contributed by atoms with van der Waals surface area (Å²) in [5.74, 6) is -4.03. The van der Waals surface area contributed by atoms with Gasteiger partial charge in [0.15, 0.2) is 11.3 Å². The highest BCUT2D eigenvalue weighted by Gasteiger charge is 2.54. The zero-order valence-corrected chi connectivity index (χ0v) is 81.1. The molecule has 6 N–H and O–H groups in total. The number of imidazole rings is 2. The maximum Gasteiger partial charge on any atom is 0.335 e. The molecule has 0 bridgehead atoms. The maximum atomic E-state index is 14.3. The smallest absolute Gasteiger partial charge is 0.335 e. The van der Waals surface area contributed by atoms with Crippen molar-refractivity contribution in [2.45, 2.75) is 182 Å². The van der Waals surface area contributed by atoms with Crippen molar-refractivity contribution in [2.75, 3.05) is 144 Å². The van der Waals surface area contributed by atoms with Crippen LogP contribution in [0.1, 0.15) is 112 Å². The second-order valence-corrected chi connectivity index (χ2v) is 41.6. The van der Waals surface area contributed by atoms with Crippen molar-refractivity contribution >= 4 is 113 Å². The standard InChI is InChI=1S/C91H124N16O24S4/c1-88(2,3)130-84(114)70(100-82(112)78-90(7,8)132-62-104(78)134(118,119)68-18-11-32-92-58-68)56-64-22-26-66(27-23-64)106-80-72(20-13-34-98-80)102(86(106)116)60-76(110)96-38-46-128-54-52-126-44-30-74(108)94-36-15-40-122-48-50-124-42-17-43-125-51-49-123-41-16-37-95-75(109)31-45-127-53-55-129-47-39-97-77(111)61-103-73-21-14-35-99-81(73)107(87(103)117)67-28-24-65(25-29-67)57-71(85(115)131-89(4,5)6)101-83(113)79-91(9,10)133-63-105(79)135(120,121)69-19-12-33-93-59-69/h11-14,18-29,32-35,58-59,70-71,78-79H,15-17,30-31,36-57,60-63H2,1-10H3,(H,94,108)(H,95,109)(H,96,110)(H,97,111)(H,100,112)(H,101,113)/t70-,71-,78+,79+/m0/s1. The Labute approximate surface area is 793 Å². The predicted molar refractivity (Wildman–Crippen MR) is 502 cm³/mol. The van der Waals surface area contributed by atoms with Crippen molar-refractivity contribution in [3.63, 3.8) is 0 Å². The van der Waals surface area contributed by atoms with E-state index < -0.39 is 112 Å². The first-order valence-electron chi connectivity index (χ1n) is 44.6. The lowest BCUT2D eigenvalue weighted by Crippen LogP contribution is -2.57. The quantitative estimate of drug-likeness (QED) is 0.0225. The average Bonchev–Trinajstić information content (AvgIpc) is 1.52. The summed E-state index contributed by atoms with van der Waals surface area (Å²) >= 11 is 2.58. The Hall–Kier alpha value is -10.5. The first-order chi connectivity index (χ1) is 64.4. The van der Waals surface area contributed by atoms with Crippen molar-refractivity contribution in [1.29, 1.82) is 0 Å². The molecular formula is C91H124N16O24S4. The number of carbonyl (C=O) groups excluding carboxylic acids is 8. The zero-order valence-electron chi connectivity index (χ0n) is 77.8. The first kappa shape index (κ1) is 107. The first-order valence-corrected chi connectivity index (χ1v) is 49.5. The molecule has 10 rings (SSSR count). The number of pyridine rings is 4. The molecule has 6 amide bonds. The minimum atomic E-state index is -4.16. The van der Waals surface area contributed by atoms with E-state index in [0.29, 0.717) is 130 Å². The number of esters is 2. The Morgan fingerprint density at radius 2 is 0.756 bits per heavy atom. The van der Waals surface area contributed by atoms with Crippen LogP contribution in [0.3, 0.4) is 0 Å². The van der Waals surface area contributed by atoms with Crippen LogP contribution in [0, 0.1) is 0 Å². The van der Waals surface area contributed by atoms with E-state index in [2.05, 4.69) is 51.8 Å². The van der Waals surface area contributed by atoms with Crippen LogP contribution in [0.25, 0.3) is 33.7 Å². The summed E-state index contributed by atoms with van der Waals surface area (Å²) in [6, 6.07) is 21.0. The van der Waals surface area contributed by atoms with Crippen LogP contribution in [0.5, 0.6) is 0 Å². The fraction of sp³-hybridized carbons (Fsp3) is 0.538. The van der Waals surface area contributed by atoms with Gasteiger partial charge in [-0.3, -0.25) is 47.9 Å².